The minimum Gasteiger partial charge on any atom is -0.497 e. The fourth-order valence-corrected chi connectivity index (χ4v) is 2.97. The van der Waals surface area contributed by atoms with Crippen molar-refractivity contribution in [3.8, 4) is 11.5 Å². The highest BCUT2D eigenvalue weighted by Crippen LogP contribution is 2.29. The van der Waals surface area contributed by atoms with Crippen molar-refractivity contribution in [3.05, 3.63) is 53.7 Å². The van der Waals surface area contributed by atoms with Gasteiger partial charge in [-0.05, 0) is 24.3 Å². The Labute approximate surface area is 155 Å². The Kier molecular flexibility index (Phi) is 5.65. The zero-order valence-corrected chi connectivity index (χ0v) is 15.2. The number of hydrogen-bond acceptors (Lipinski definition) is 7. The summed E-state index contributed by atoms with van der Waals surface area (Å²) in [4.78, 5) is 20.9. The van der Waals surface area contributed by atoms with Crippen molar-refractivity contribution in [3.63, 3.8) is 0 Å². The summed E-state index contributed by atoms with van der Waals surface area (Å²) in [6.07, 6.45) is 1.86. The molecule has 0 fully saturated rings. The van der Waals surface area contributed by atoms with Crippen molar-refractivity contribution in [2.75, 3.05) is 24.9 Å². The molecule has 1 amide bonds. The van der Waals surface area contributed by atoms with Crippen LogP contribution in [0.1, 0.15) is 5.69 Å². The van der Waals surface area contributed by atoms with E-state index in [2.05, 4.69) is 20.6 Å². The average Bonchev–Trinajstić information content (AvgIpc) is 3.09. The number of amides is 1. The lowest BCUT2D eigenvalue weighted by Crippen LogP contribution is -2.15. The van der Waals surface area contributed by atoms with Gasteiger partial charge in [0.2, 0.25) is 5.91 Å². The first-order valence-corrected chi connectivity index (χ1v) is 8.70. The first-order chi connectivity index (χ1) is 12.7. The first kappa shape index (κ1) is 17.7. The van der Waals surface area contributed by atoms with Gasteiger partial charge < -0.3 is 20.1 Å². The second-order valence-corrected chi connectivity index (χ2v) is 6.13. The Bertz CT molecular complexity index is 883. The lowest BCUT2D eigenvalue weighted by Gasteiger charge is -2.11. The largest absolute Gasteiger partial charge is 0.497 e. The number of benzene rings is 1. The van der Waals surface area contributed by atoms with Crippen LogP contribution in [0.2, 0.25) is 0 Å². The molecular weight excluding hydrogens is 352 g/mol. The van der Waals surface area contributed by atoms with Crippen LogP contribution in [0.3, 0.4) is 0 Å². The van der Waals surface area contributed by atoms with Crippen molar-refractivity contribution >= 4 is 33.9 Å². The van der Waals surface area contributed by atoms with Crippen LogP contribution in [0.5, 0.6) is 11.5 Å². The molecule has 3 rings (SSSR count). The number of rotatable bonds is 7. The predicted molar refractivity (Wildman–Crippen MR) is 102 cm³/mol. The minimum atomic E-state index is -0.178. The van der Waals surface area contributed by atoms with Gasteiger partial charge in [0, 0.05) is 17.6 Å². The lowest BCUT2D eigenvalue weighted by molar-refractivity contribution is -0.115. The predicted octanol–water partition coefficient (Wildman–Crippen LogP) is 3.48. The van der Waals surface area contributed by atoms with Gasteiger partial charge in [0.05, 0.1) is 32.0 Å². The van der Waals surface area contributed by atoms with Crippen LogP contribution >= 0.6 is 11.3 Å². The number of ether oxygens (including phenoxy) is 2. The summed E-state index contributed by atoms with van der Waals surface area (Å²) in [7, 11) is 3.12. The molecule has 0 aliphatic carbocycles. The summed E-state index contributed by atoms with van der Waals surface area (Å²) in [5, 5.41) is 8.47. The van der Waals surface area contributed by atoms with Crippen LogP contribution < -0.4 is 20.1 Å². The van der Waals surface area contributed by atoms with E-state index in [9.17, 15) is 4.79 Å². The van der Waals surface area contributed by atoms with Crippen LogP contribution in [0.25, 0.3) is 0 Å². The van der Waals surface area contributed by atoms with Crippen LogP contribution in [0.15, 0.2) is 48.0 Å². The summed E-state index contributed by atoms with van der Waals surface area (Å²) in [6.45, 7) is 0. The maximum atomic E-state index is 12.3. The smallest absolute Gasteiger partial charge is 0.230 e. The molecule has 0 saturated heterocycles. The van der Waals surface area contributed by atoms with Gasteiger partial charge in [-0.15, -0.1) is 11.3 Å². The Morgan fingerprint density at radius 3 is 2.81 bits per heavy atom. The van der Waals surface area contributed by atoms with Gasteiger partial charge in [-0.2, -0.15) is 0 Å². The number of nitrogens with one attached hydrogen (secondary N) is 2. The van der Waals surface area contributed by atoms with E-state index in [4.69, 9.17) is 9.47 Å². The number of carbonyl (C=O) groups is 1. The molecule has 134 valence electrons. The summed E-state index contributed by atoms with van der Waals surface area (Å²) >= 11 is 1.42. The van der Waals surface area contributed by atoms with Crippen molar-refractivity contribution in [1.29, 1.82) is 0 Å². The topological polar surface area (TPSA) is 85.4 Å². The maximum Gasteiger partial charge on any atom is 0.230 e. The van der Waals surface area contributed by atoms with E-state index in [0.717, 1.165) is 0 Å². The van der Waals surface area contributed by atoms with Crippen LogP contribution in [-0.4, -0.2) is 30.1 Å². The molecule has 0 atom stereocenters. The fraction of sp³-hybridized carbons (Fsp3) is 0.167. The molecule has 0 unspecified atom stereocenters. The monoisotopic (exact) mass is 370 g/mol. The standard InChI is InChI=1S/C18H18N4O3S/c1-24-13-6-7-14(15(10-13)25-2)21-17(23)9-12-11-26-18(20-12)22-16-5-3-4-8-19-16/h3-8,10-11H,9H2,1-2H3,(H,21,23)(H,19,20,22). The Morgan fingerprint density at radius 2 is 2.08 bits per heavy atom. The molecule has 0 saturated carbocycles. The van der Waals surface area contributed by atoms with E-state index in [1.54, 1.807) is 38.6 Å². The highest BCUT2D eigenvalue weighted by Gasteiger charge is 2.12. The molecule has 7 nitrogen and oxygen atoms in total. The molecule has 8 heteroatoms. The van der Waals surface area contributed by atoms with Crippen molar-refractivity contribution in [1.82, 2.24) is 9.97 Å². The molecule has 0 radical (unpaired) electrons. The highest BCUT2D eigenvalue weighted by atomic mass is 32.1. The van der Waals surface area contributed by atoms with E-state index in [0.29, 0.717) is 33.8 Å². The van der Waals surface area contributed by atoms with E-state index < -0.39 is 0 Å². The van der Waals surface area contributed by atoms with Gasteiger partial charge in [-0.25, -0.2) is 9.97 Å². The Morgan fingerprint density at radius 1 is 1.19 bits per heavy atom. The molecule has 0 aliphatic heterocycles. The van der Waals surface area contributed by atoms with E-state index >= 15 is 0 Å². The third-order valence-electron chi connectivity index (χ3n) is 3.48. The van der Waals surface area contributed by atoms with Crippen molar-refractivity contribution in [2.45, 2.75) is 6.42 Å². The summed E-state index contributed by atoms with van der Waals surface area (Å²) in [6, 6.07) is 10.8. The Balaban J connectivity index is 1.62. The van der Waals surface area contributed by atoms with E-state index in [1.807, 2.05) is 23.6 Å². The van der Waals surface area contributed by atoms with E-state index in [-0.39, 0.29) is 12.3 Å². The number of thiazole rings is 1. The number of anilines is 3. The number of hydrogen-bond donors (Lipinski definition) is 2. The second kappa shape index (κ2) is 8.30. The highest BCUT2D eigenvalue weighted by molar-refractivity contribution is 7.13. The molecule has 2 heterocycles. The number of nitrogens with zero attached hydrogens (tertiary/aromatic N) is 2. The van der Waals surface area contributed by atoms with Gasteiger partial charge in [-0.1, -0.05) is 6.07 Å². The molecule has 2 aromatic heterocycles. The first-order valence-electron chi connectivity index (χ1n) is 7.82. The molecule has 0 bridgehead atoms. The number of carbonyl (C=O) groups excluding carboxylic acids is 1. The zero-order valence-electron chi connectivity index (χ0n) is 14.4. The molecule has 0 spiro atoms. The van der Waals surface area contributed by atoms with Gasteiger partial charge in [0.15, 0.2) is 5.13 Å². The molecule has 3 aromatic rings. The van der Waals surface area contributed by atoms with Crippen LogP contribution in [0, 0.1) is 0 Å². The molecular formula is C18H18N4O3S. The number of pyridine rings is 1. The normalized spacial score (nSPS) is 10.2. The van der Waals surface area contributed by atoms with Crippen molar-refractivity contribution in [2.24, 2.45) is 0 Å². The second-order valence-electron chi connectivity index (χ2n) is 5.28. The average molecular weight is 370 g/mol. The molecule has 2 N–H and O–H groups in total. The van der Waals surface area contributed by atoms with Gasteiger partial charge in [0.1, 0.15) is 17.3 Å². The zero-order chi connectivity index (χ0) is 18.4. The van der Waals surface area contributed by atoms with Gasteiger partial charge in [-0.3, -0.25) is 4.79 Å². The minimum absolute atomic E-state index is 0.162. The van der Waals surface area contributed by atoms with Gasteiger partial charge >= 0.3 is 0 Å². The third-order valence-corrected chi connectivity index (χ3v) is 4.28. The number of methoxy groups -OCH3 is 2. The third kappa shape index (κ3) is 4.48. The van der Waals surface area contributed by atoms with Crippen LogP contribution in [0.4, 0.5) is 16.6 Å². The summed E-state index contributed by atoms with van der Waals surface area (Å²) < 4.78 is 10.4. The Hall–Kier alpha value is -3.13. The summed E-state index contributed by atoms with van der Waals surface area (Å²) in [5.74, 6) is 1.72. The summed E-state index contributed by atoms with van der Waals surface area (Å²) in [5.41, 5.74) is 1.26. The van der Waals surface area contributed by atoms with E-state index in [1.165, 1.54) is 11.3 Å². The lowest BCUT2D eigenvalue weighted by atomic mass is 10.2. The fourth-order valence-electron chi connectivity index (χ4n) is 2.25. The van der Waals surface area contributed by atoms with Gasteiger partial charge in [0.25, 0.3) is 0 Å². The SMILES string of the molecule is COc1ccc(NC(=O)Cc2csc(Nc3ccccn3)n2)c(OC)c1. The maximum absolute atomic E-state index is 12.3. The van der Waals surface area contributed by atoms with Crippen molar-refractivity contribution < 1.29 is 14.3 Å². The quantitative estimate of drug-likeness (QED) is 0.662. The molecule has 0 aliphatic rings. The van der Waals surface area contributed by atoms with Crippen LogP contribution in [-0.2, 0) is 11.2 Å². The molecule has 26 heavy (non-hydrogen) atoms. The molecule has 1 aromatic carbocycles. The number of aromatic nitrogens is 2.